The van der Waals surface area contributed by atoms with Crippen LogP contribution < -0.4 is 5.32 Å². The van der Waals surface area contributed by atoms with Crippen molar-refractivity contribution < 1.29 is 4.39 Å². The van der Waals surface area contributed by atoms with E-state index in [1.54, 1.807) is 6.07 Å². The van der Waals surface area contributed by atoms with Gasteiger partial charge in [0.05, 0.1) is 0 Å². The molecular formula is C15H22BrFN2. The highest BCUT2D eigenvalue weighted by Crippen LogP contribution is 2.26. The second-order valence-corrected chi connectivity index (χ2v) is 6.71. The Kier molecular flexibility index (Phi) is 4.64. The summed E-state index contributed by atoms with van der Waals surface area (Å²) in [4.78, 5) is 2.47. The zero-order chi connectivity index (χ0) is 14.0. The van der Waals surface area contributed by atoms with Crippen LogP contribution in [0.15, 0.2) is 22.7 Å². The van der Waals surface area contributed by atoms with E-state index in [1.807, 2.05) is 6.07 Å². The van der Waals surface area contributed by atoms with E-state index in [-0.39, 0.29) is 11.4 Å². The van der Waals surface area contributed by atoms with Gasteiger partial charge in [0.1, 0.15) is 5.82 Å². The van der Waals surface area contributed by atoms with Crippen molar-refractivity contribution >= 4 is 15.9 Å². The molecule has 1 aliphatic heterocycles. The monoisotopic (exact) mass is 328 g/mol. The fraction of sp³-hybridized carbons (Fsp3) is 0.600. The molecule has 1 aliphatic rings. The lowest BCUT2D eigenvalue weighted by Crippen LogP contribution is -2.61. The molecule has 0 aliphatic carbocycles. The standard InChI is InChI=1S/C15H22BrFN2/c1-4-15(3)10-18-11(2)8-19(15)9-12-5-13(16)7-14(17)6-12/h5-7,11,18H,4,8-10H2,1-3H3. The number of hydrogen-bond acceptors (Lipinski definition) is 2. The molecule has 2 nitrogen and oxygen atoms in total. The molecule has 0 aromatic heterocycles. The quantitative estimate of drug-likeness (QED) is 0.912. The van der Waals surface area contributed by atoms with Crippen molar-refractivity contribution in [2.24, 2.45) is 0 Å². The van der Waals surface area contributed by atoms with Gasteiger partial charge in [0.2, 0.25) is 0 Å². The number of rotatable bonds is 3. The maximum atomic E-state index is 13.5. The Labute approximate surface area is 123 Å². The van der Waals surface area contributed by atoms with E-state index in [1.165, 1.54) is 6.07 Å². The van der Waals surface area contributed by atoms with Crippen LogP contribution in [0.3, 0.4) is 0 Å². The van der Waals surface area contributed by atoms with Gasteiger partial charge in [0.25, 0.3) is 0 Å². The molecule has 0 amide bonds. The van der Waals surface area contributed by atoms with E-state index >= 15 is 0 Å². The molecule has 1 heterocycles. The molecule has 1 fully saturated rings. The molecular weight excluding hydrogens is 307 g/mol. The van der Waals surface area contributed by atoms with Crippen LogP contribution in [0.1, 0.15) is 32.8 Å². The first kappa shape index (κ1) is 14.9. The van der Waals surface area contributed by atoms with Gasteiger partial charge in [-0.05, 0) is 44.0 Å². The third-order valence-corrected chi connectivity index (χ3v) is 4.60. The molecule has 2 unspecified atom stereocenters. The topological polar surface area (TPSA) is 15.3 Å². The van der Waals surface area contributed by atoms with E-state index in [4.69, 9.17) is 0 Å². The number of halogens is 2. The fourth-order valence-electron chi connectivity index (χ4n) is 2.65. The average molecular weight is 329 g/mol. The molecule has 0 spiro atoms. The van der Waals surface area contributed by atoms with Crippen LogP contribution in [0, 0.1) is 5.82 Å². The minimum Gasteiger partial charge on any atom is -0.311 e. The largest absolute Gasteiger partial charge is 0.311 e. The highest BCUT2D eigenvalue weighted by molar-refractivity contribution is 9.10. The lowest BCUT2D eigenvalue weighted by atomic mass is 9.91. The normalized spacial score (nSPS) is 28.6. The van der Waals surface area contributed by atoms with Crippen LogP contribution in [0.4, 0.5) is 4.39 Å². The van der Waals surface area contributed by atoms with Crippen LogP contribution in [0.25, 0.3) is 0 Å². The van der Waals surface area contributed by atoms with E-state index in [0.29, 0.717) is 6.04 Å². The number of nitrogens with zero attached hydrogens (tertiary/aromatic N) is 1. The molecule has 106 valence electrons. The van der Waals surface area contributed by atoms with Gasteiger partial charge >= 0.3 is 0 Å². The molecule has 2 rings (SSSR count). The third-order valence-electron chi connectivity index (χ3n) is 4.15. The van der Waals surface area contributed by atoms with Crippen molar-refractivity contribution in [3.05, 3.63) is 34.1 Å². The molecule has 2 atom stereocenters. The van der Waals surface area contributed by atoms with Gasteiger partial charge in [-0.25, -0.2) is 4.39 Å². The number of benzene rings is 1. The third kappa shape index (κ3) is 3.56. The van der Waals surface area contributed by atoms with Crippen molar-refractivity contribution in [3.8, 4) is 0 Å². The van der Waals surface area contributed by atoms with Gasteiger partial charge in [0.15, 0.2) is 0 Å². The van der Waals surface area contributed by atoms with E-state index < -0.39 is 0 Å². The van der Waals surface area contributed by atoms with Gasteiger partial charge in [-0.2, -0.15) is 0 Å². The van der Waals surface area contributed by atoms with Crippen molar-refractivity contribution in [3.63, 3.8) is 0 Å². The molecule has 0 saturated carbocycles. The summed E-state index contributed by atoms with van der Waals surface area (Å²) in [5.74, 6) is -0.175. The van der Waals surface area contributed by atoms with E-state index in [9.17, 15) is 4.39 Å². The number of nitrogens with one attached hydrogen (secondary N) is 1. The summed E-state index contributed by atoms with van der Waals surface area (Å²) >= 11 is 3.36. The predicted molar refractivity (Wildman–Crippen MR) is 80.7 cm³/mol. The summed E-state index contributed by atoms with van der Waals surface area (Å²) in [6.45, 7) is 9.47. The Balaban J connectivity index is 2.18. The van der Waals surface area contributed by atoms with Gasteiger partial charge in [-0.3, -0.25) is 4.90 Å². The fourth-order valence-corrected chi connectivity index (χ4v) is 3.16. The Bertz CT molecular complexity index is 432. The van der Waals surface area contributed by atoms with Gasteiger partial charge in [0, 0.05) is 35.7 Å². The first-order chi connectivity index (χ1) is 8.93. The van der Waals surface area contributed by atoms with Crippen LogP contribution >= 0.6 is 15.9 Å². The molecule has 1 saturated heterocycles. The minimum atomic E-state index is -0.175. The molecule has 4 heteroatoms. The molecule has 1 aromatic rings. The number of hydrogen-bond donors (Lipinski definition) is 1. The number of piperazine rings is 1. The first-order valence-electron chi connectivity index (χ1n) is 6.86. The van der Waals surface area contributed by atoms with Gasteiger partial charge in [-0.1, -0.05) is 22.9 Å². The molecule has 0 radical (unpaired) electrons. The zero-order valence-electron chi connectivity index (χ0n) is 11.8. The Hall–Kier alpha value is -0.450. The van der Waals surface area contributed by atoms with Crippen molar-refractivity contribution in [1.82, 2.24) is 10.2 Å². The van der Waals surface area contributed by atoms with Crippen LogP contribution in [0.5, 0.6) is 0 Å². The SMILES string of the molecule is CCC1(C)CNC(C)CN1Cc1cc(F)cc(Br)c1. The Morgan fingerprint density at radius 2 is 2.21 bits per heavy atom. The molecule has 0 bridgehead atoms. The van der Waals surface area contributed by atoms with E-state index in [2.05, 4.69) is 46.9 Å². The van der Waals surface area contributed by atoms with Crippen LogP contribution in [0.2, 0.25) is 0 Å². The second kappa shape index (κ2) is 5.90. The molecule has 1 N–H and O–H groups in total. The summed E-state index contributed by atoms with van der Waals surface area (Å²) in [6.07, 6.45) is 1.09. The summed E-state index contributed by atoms with van der Waals surface area (Å²) in [6, 6.07) is 5.62. The van der Waals surface area contributed by atoms with Crippen LogP contribution in [-0.4, -0.2) is 29.6 Å². The maximum absolute atomic E-state index is 13.5. The smallest absolute Gasteiger partial charge is 0.124 e. The summed E-state index contributed by atoms with van der Waals surface area (Å²) in [5.41, 5.74) is 1.17. The summed E-state index contributed by atoms with van der Waals surface area (Å²) in [5, 5.41) is 3.54. The molecule has 19 heavy (non-hydrogen) atoms. The minimum absolute atomic E-state index is 0.144. The summed E-state index contributed by atoms with van der Waals surface area (Å²) < 4.78 is 14.3. The lowest BCUT2D eigenvalue weighted by Gasteiger charge is -2.47. The Morgan fingerprint density at radius 3 is 2.84 bits per heavy atom. The van der Waals surface area contributed by atoms with Crippen molar-refractivity contribution in [2.45, 2.75) is 45.3 Å². The van der Waals surface area contributed by atoms with Gasteiger partial charge in [-0.15, -0.1) is 0 Å². The first-order valence-corrected chi connectivity index (χ1v) is 7.65. The maximum Gasteiger partial charge on any atom is 0.124 e. The highest BCUT2D eigenvalue weighted by Gasteiger charge is 2.34. The average Bonchev–Trinajstić information content (AvgIpc) is 2.33. The zero-order valence-corrected chi connectivity index (χ0v) is 13.4. The molecule has 1 aromatic carbocycles. The van der Waals surface area contributed by atoms with Crippen LogP contribution in [-0.2, 0) is 6.54 Å². The predicted octanol–water partition coefficient (Wildman–Crippen LogP) is 3.55. The van der Waals surface area contributed by atoms with Crippen molar-refractivity contribution in [1.29, 1.82) is 0 Å². The van der Waals surface area contributed by atoms with Crippen molar-refractivity contribution in [2.75, 3.05) is 13.1 Å². The summed E-state index contributed by atoms with van der Waals surface area (Å²) in [7, 11) is 0. The highest BCUT2D eigenvalue weighted by atomic mass is 79.9. The van der Waals surface area contributed by atoms with Gasteiger partial charge < -0.3 is 5.32 Å². The van der Waals surface area contributed by atoms with E-state index in [0.717, 1.165) is 36.1 Å². The second-order valence-electron chi connectivity index (χ2n) is 5.79. The Morgan fingerprint density at radius 1 is 1.47 bits per heavy atom. The lowest BCUT2D eigenvalue weighted by molar-refractivity contribution is 0.0452.